The Morgan fingerprint density at radius 2 is 1.91 bits per heavy atom. The van der Waals surface area contributed by atoms with Crippen LogP contribution in [0.1, 0.15) is 30.1 Å². The van der Waals surface area contributed by atoms with Crippen molar-refractivity contribution in [2.45, 2.75) is 31.3 Å². The molecule has 1 N–H and O–H groups in total. The number of rotatable bonds is 4. The smallest absolute Gasteiger partial charge is 0.160 e. The van der Waals surface area contributed by atoms with E-state index in [-0.39, 0.29) is 0 Å². The van der Waals surface area contributed by atoms with Gasteiger partial charge in [0, 0.05) is 16.7 Å². The van der Waals surface area contributed by atoms with Crippen LogP contribution in [0.2, 0.25) is 0 Å². The highest BCUT2D eigenvalue weighted by atomic mass is 79.9. The van der Waals surface area contributed by atoms with Gasteiger partial charge in [0.15, 0.2) is 11.5 Å². The lowest BCUT2D eigenvalue weighted by Crippen LogP contribution is -2.39. The second-order valence-electron chi connectivity index (χ2n) is 5.84. The molecule has 0 bridgehead atoms. The number of aromatic nitrogens is 3. The molecule has 0 radical (unpaired) electrons. The number of benzene rings is 1. The van der Waals surface area contributed by atoms with E-state index in [9.17, 15) is 0 Å². The SMILES string of the molecule is Brc1ccc(C2CC(NCc3nnc4ccccn34)C2)cc1. The minimum absolute atomic E-state index is 0.574. The van der Waals surface area contributed by atoms with Crippen LogP contribution in [0.5, 0.6) is 0 Å². The van der Waals surface area contributed by atoms with Gasteiger partial charge >= 0.3 is 0 Å². The highest BCUT2D eigenvalue weighted by Crippen LogP contribution is 2.37. The summed E-state index contributed by atoms with van der Waals surface area (Å²) in [5, 5.41) is 12.0. The zero-order valence-corrected chi connectivity index (χ0v) is 13.7. The molecule has 1 aliphatic carbocycles. The van der Waals surface area contributed by atoms with Crippen LogP contribution >= 0.6 is 15.9 Å². The van der Waals surface area contributed by atoms with Crippen LogP contribution in [-0.4, -0.2) is 20.6 Å². The van der Waals surface area contributed by atoms with E-state index in [1.54, 1.807) is 0 Å². The molecule has 1 saturated carbocycles. The predicted molar refractivity (Wildman–Crippen MR) is 89.7 cm³/mol. The lowest BCUT2D eigenvalue weighted by atomic mass is 9.76. The maximum atomic E-state index is 4.26. The van der Waals surface area contributed by atoms with Gasteiger partial charge in [-0.3, -0.25) is 4.40 Å². The molecule has 1 aliphatic rings. The highest BCUT2D eigenvalue weighted by molar-refractivity contribution is 9.10. The fraction of sp³-hybridized carbons (Fsp3) is 0.294. The third-order valence-corrected chi connectivity index (χ3v) is 4.94. The van der Waals surface area contributed by atoms with Crippen molar-refractivity contribution >= 4 is 21.6 Å². The molecular weight excluding hydrogens is 340 g/mol. The van der Waals surface area contributed by atoms with Crippen molar-refractivity contribution in [1.82, 2.24) is 19.9 Å². The molecule has 2 heterocycles. The summed E-state index contributed by atoms with van der Waals surface area (Å²) in [6.45, 7) is 0.767. The number of pyridine rings is 1. The van der Waals surface area contributed by atoms with E-state index in [0.29, 0.717) is 12.0 Å². The molecule has 0 amide bonds. The molecule has 22 heavy (non-hydrogen) atoms. The maximum Gasteiger partial charge on any atom is 0.160 e. The first-order valence-corrected chi connectivity index (χ1v) is 8.36. The quantitative estimate of drug-likeness (QED) is 0.777. The molecule has 3 aromatic rings. The first kappa shape index (κ1) is 13.9. The zero-order chi connectivity index (χ0) is 14.9. The van der Waals surface area contributed by atoms with E-state index >= 15 is 0 Å². The molecule has 5 heteroatoms. The predicted octanol–water partition coefficient (Wildman–Crippen LogP) is 3.53. The van der Waals surface area contributed by atoms with Gasteiger partial charge in [0.25, 0.3) is 0 Å². The average Bonchev–Trinajstić information content (AvgIpc) is 2.91. The topological polar surface area (TPSA) is 42.2 Å². The van der Waals surface area contributed by atoms with Gasteiger partial charge in [0.05, 0.1) is 6.54 Å². The first-order valence-electron chi connectivity index (χ1n) is 7.57. The van der Waals surface area contributed by atoms with E-state index in [4.69, 9.17) is 0 Å². The molecule has 0 spiro atoms. The molecule has 112 valence electrons. The second kappa shape index (κ2) is 5.82. The monoisotopic (exact) mass is 356 g/mol. The summed E-state index contributed by atoms with van der Waals surface area (Å²) < 4.78 is 3.18. The van der Waals surface area contributed by atoms with Crippen molar-refractivity contribution in [2.75, 3.05) is 0 Å². The summed E-state index contributed by atoms with van der Waals surface area (Å²) in [5.41, 5.74) is 2.34. The molecule has 0 saturated heterocycles. The van der Waals surface area contributed by atoms with E-state index in [1.807, 2.05) is 28.8 Å². The number of hydrogen-bond acceptors (Lipinski definition) is 3. The van der Waals surface area contributed by atoms with Crippen LogP contribution in [0, 0.1) is 0 Å². The van der Waals surface area contributed by atoms with Gasteiger partial charge in [-0.2, -0.15) is 0 Å². The summed E-state index contributed by atoms with van der Waals surface area (Å²) in [5.74, 6) is 1.66. The van der Waals surface area contributed by atoms with Gasteiger partial charge in [0.2, 0.25) is 0 Å². The van der Waals surface area contributed by atoms with Crippen molar-refractivity contribution in [2.24, 2.45) is 0 Å². The summed E-state index contributed by atoms with van der Waals surface area (Å²) in [6, 6.07) is 15.2. The molecule has 4 rings (SSSR count). The standard InChI is InChI=1S/C17H17BrN4/c18-14-6-4-12(5-7-14)13-9-15(10-13)19-11-17-21-20-16-3-1-2-8-22(16)17/h1-8,13,15,19H,9-11H2. The van der Waals surface area contributed by atoms with Crippen molar-refractivity contribution in [3.05, 3.63) is 64.5 Å². The number of halogens is 1. The van der Waals surface area contributed by atoms with Crippen molar-refractivity contribution < 1.29 is 0 Å². The van der Waals surface area contributed by atoms with Crippen LogP contribution in [0.3, 0.4) is 0 Å². The van der Waals surface area contributed by atoms with Crippen LogP contribution in [0.4, 0.5) is 0 Å². The molecule has 2 aromatic heterocycles. The van der Waals surface area contributed by atoms with Gasteiger partial charge in [-0.25, -0.2) is 0 Å². The molecule has 1 aromatic carbocycles. The third-order valence-electron chi connectivity index (χ3n) is 4.41. The Labute approximate surface area is 137 Å². The minimum atomic E-state index is 0.574. The Hall–Kier alpha value is -1.72. The number of nitrogens with one attached hydrogen (secondary N) is 1. The molecule has 0 atom stereocenters. The van der Waals surface area contributed by atoms with Gasteiger partial charge < -0.3 is 5.32 Å². The highest BCUT2D eigenvalue weighted by Gasteiger charge is 2.29. The fourth-order valence-electron chi connectivity index (χ4n) is 3.04. The van der Waals surface area contributed by atoms with Gasteiger partial charge in [0.1, 0.15) is 0 Å². The number of hydrogen-bond donors (Lipinski definition) is 1. The van der Waals surface area contributed by atoms with Crippen molar-refractivity contribution in [1.29, 1.82) is 0 Å². The van der Waals surface area contributed by atoms with E-state index < -0.39 is 0 Å². The molecule has 0 aliphatic heterocycles. The van der Waals surface area contributed by atoms with Crippen molar-refractivity contribution in [3.8, 4) is 0 Å². The molecular formula is C17H17BrN4. The van der Waals surface area contributed by atoms with E-state index in [2.05, 4.69) is 55.7 Å². The maximum absolute atomic E-state index is 4.26. The Bertz CT molecular complexity index is 775. The molecule has 4 nitrogen and oxygen atoms in total. The Balaban J connectivity index is 1.34. The van der Waals surface area contributed by atoms with Gasteiger partial charge in [-0.05, 0) is 48.6 Å². The normalized spacial score (nSPS) is 21.0. The summed E-state index contributed by atoms with van der Waals surface area (Å²) in [6.07, 6.45) is 4.40. The Morgan fingerprint density at radius 3 is 2.73 bits per heavy atom. The summed E-state index contributed by atoms with van der Waals surface area (Å²) in [7, 11) is 0. The summed E-state index contributed by atoms with van der Waals surface area (Å²) >= 11 is 3.49. The lowest BCUT2D eigenvalue weighted by molar-refractivity contribution is 0.287. The largest absolute Gasteiger partial charge is 0.307 e. The van der Waals surface area contributed by atoms with Crippen LogP contribution in [0.15, 0.2) is 53.1 Å². The Kier molecular flexibility index (Phi) is 3.68. The number of nitrogens with zero attached hydrogens (tertiary/aromatic N) is 3. The first-order chi connectivity index (χ1) is 10.8. The Morgan fingerprint density at radius 1 is 1.09 bits per heavy atom. The van der Waals surface area contributed by atoms with E-state index in [1.165, 1.54) is 18.4 Å². The van der Waals surface area contributed by atoms with Gasteiger partial charge in [-0.1, -0.05) is 34.1 Å². The van der Waals surface area contributed by atoms with Gasteiger partial charge in [-0.15, -0.1) is 10.2 Å². The van der Waals surface area contributed by atoms with E-state index in [0.717, 1.165) is 22.5 Å². The number of fused-ring (bicyclic) bond motifs is 1. The van der Waals surface area contributed by atoms with Crippen molar-refractivity contribution in [3.63, 3.8) is 0 Å². The minimum Gasteiger partial charge on any atom is -0.307 e. The fourth-order valence-corrected chi connectivity index (χ4v) is 3.30. The second-order valence-corrected chi connectivity index (χ2v) is 6.76. The van der Waals surface area contributed by atoms with Crippen LogP contribution in [-0.2, 0) is 6.54 Å². The molecule has 0 unspecified atom stereocenters. The molecule has 1 fully saturated rings. The zero-order valence-electron chi connectivity index (χ0n) is 12.1. The lowest BCUT2D eigenvalue weighted by Gasteiger charge is -2.36. The van der Waals surface area contributed by atoms with Crippen LogP contribution in [0.25, 0.3) is 5.65 Å². The van der Waals surface area contributed by atoms with Crippen LogP contribution < -0.4 is 5.32 Å². The third kappa shape index (κ3) is 2.66. The average molecular weight is 357 g/mol. The summed E-state index contributed by atoms with van der Waals surface area (Å²) in [4.78, 5) is 0.